The summed E-state index contributed by atoms with van der Waals surface area (Å²) in [4.78, 5) is 30.7. The minimum Gasteiger partial charge on any atom is -0.337 e. The molecule has 142 valence electrons. The molecule has 2 aromatic heterocycles. The van der Waals surface area contributed by atoms with E-state index in [0.29, 0.717) is 43.9 Å². The Labute approximate surface area is 161 Å². The van der Waals surface area contributed by atoms with E-state index < -0.39 is 5.41 Å². The fourth-order valence-electron chi connectivity index (χ4n) is 3.65. The van der Waals surface area contributed by atoms with Crippen molar-refractivity contribution in [1.82, 2.24) is 19.5 Å². The summed E-state index contributed by atoms with van der Waals surface area (Å²) >= 11 is 0. The van der Waals surface area contributed by atoms with Crippen LogP contribution in [0.15, 0.2) is 24.3 Å². The summed E-state index contributed by atoms with van der Waals surface area (Å²) in [6.45, 7) is 1.08. The molecule has 8 heteroatoms. The van der Waals surface area contributed by atoms with Crippen LogP contribution < -0.4 is 5.32 Å². The minimum atomic E-state index is -0.772. The zero-order chi connectivity index (χ0) is 19.3. The van der Waals surface area contributed by atoms with Crippen LogP contribution in [0.25, 0.3) is 11.2 Å². The first kappa shape index (κ1) is 16.9. The molecule has 0 aromatic carbocycles. The third-order valence-electron chi connectivity index (χ3n) is 5.74. The van der Waals surface area contributed by atoms with E-state index in [4.69, 9.17) is 0 Å². The number of fused-ring (bicyclic) bond motifs is 1. The molecule has 8 nitrogen and oxygen atoms in total. The topological polar surface area (TPSA) is 103 Å². The van der Waals surface area contributed by atoms with Gasteiger partial charge in [-0.3, -0.25) is 14.9 Å². The monoisotopic (exact) mass is 376 g/mol. The first-order valence-corrected chi connectivity index (χ1v) is 9.66. The van der Waals surface area contributed by atoms with Crippen molar-refractivity contribution in [3.8, 4) is 6.07 Å². The molecule has 1 aliphatic heterocycles. The Morgan fingerprint density at radius 1 is 1.29 bits per heavy atom. The largest absolute Gasteiger partial charge is 0.337 e. The van der Waals surface area contributed by atoms with E-state index in [1.807, 2.05) is 24.3 Å². The van der Waals surface area contributed by atoms with Gasteiger partial charge in [0.2, 0.25) is 17.8 Å². The molecule has 2 saturated carbocycles. The lowest BCUT2D eigenvalue weighted by molar-refractivity contribution is -0.134. The summed E-state index contributed by atoms with van der Waals surface area (Å²) in [5.41, 5.74) is 1.89. The normalized spacial score (nSPS) is 20.4. The molecule has 2 aromatic rings. The minimum absolute atomic E-state index is 0.0185. The SMILES string of the molecule is N#CC1(C(=O)N2CC=C(c3cccc4nc(NC(=O)C5CC5)nn34)CC2)CC1. The number of hydrogen-bond acceptors (Lipinski definition) is 5. The van der Waals surface area contributed by atoms with Gasteiger partial charge in [0, 0.05) is 19.0 Å². The van der Waals surface area contributed by atoms with Crippen molar-refractivity contribution in [2.45, 2.75) is 32.1 Å². The first-order valence-electron chi connectivity index (χ1n) is 9.66. The van der Waals surface area contributed by atoms with Crippen molar-refractivity contribution in [2.24, 2.45) is 11.3 Å². The summed E-state index contributed by atoms with van der Waals surface area (Å²) in [5.74, 6) is 0.352. The van der Waals surface area contributed by atoms with Crippen molar-refractivity contribution in [3.05, 3.63) is 30.0 Å². The average molecular weight is 376 g/mol. The third kappa shape index (κ3) is 2.83. The van der Waals surface area contributed by atoms with Crippen LogP contribution in [0.2, 0.25) is 0 Å². The molecular formula is C20H20N6O2. The highest BCUT2D eigenvalue weighted by Crippen LogP contribution is 2.46. The van der Waals surface area contributed by atoms with Gasteiger partial charge in [-0.1, -0.05) is 12.1 Å². The number of pyridine rings is 1. The number of carbonyl (C=O) groups excluding carboxylic acids is 2. The van der Waals surface area contributed by atoms with Crippen LogP contribution in [0.3, 0.4) is 0 Å². The Kier molecular flexibility index (Phi) is 3.72. The molecule has 0 atom stereocenters. The van der Waals surface area contributed by atoms with Gasteiger partial charge in [0.05, 0.1) is 11.8 Å². The number of amides is 2. The number of carbonyl (C=O) groups is 2. The molecule has 3 heterocycles. The predicted molar refractivity (Wildman–Crippen MR) is 101 cm³/mol. The highest BCUT2D eigenvalue weighted by molar-refractivity contribution is 5.92. The van der Waals surface area contributed by atoms with Crippen molar-refractivity contribution in [1.29, 1.82) is 5.26 Å². The number of nitrogens with zero attached hydrogens (tertiary/aromatic N) is 5. The third-order valence-corrected chi connectivity index (χ3v) is 5.74. The fraction of sp³-hybridized carbons (Fsp3) is 0.450. The second-order valence-electron chi connectivity index (χ2n) is 7.80. The summed E-state index contributed by atoms with van der Waals surface area (Å²) < 4.78 is 1.74. The number of nitrogens with one attached hydrogen (secondary N) is 1. The summed E-state index contributed by atoms with van der Waals surface area (Å²) in [5, 5.41) is 16.5. The van der Waals surface area contributed by atoms with Gasteiger partial charge in [-0.25, -0.2) is 4.52 Å². The van der Waals surface area contributed by atoms with Gasteiger partial charge in [-0.05, 0) is 49.8 Å². The Balaban J connectivity index is 1.37. The molecular weight excluding hydrogens is 356 g/mol. The van der Waals surface area contributed by atoms with Crippen LogP contribution in [-0.2, 0) is 9.59 Å². The molecule has 2 amide bonds. The van der Waals surface area contributed by atoms with Gasteiger partial charge in [0.25, 0.3) is 0 Å². The molecule has 1 N–H and O–H groups in total. The number of aromatic nitrogens is 3. The molecule has 0 bridgehead atoms. The Morgan fingerprint density at radius 3 is 2.75 bits per heavy atom. The summed E-state index contributed by atoms with van der Waals surface area (Å²) in [7, 11) is 0. The van der Waals surface area contributed by atoms with Gasteiger partial charge in [0.15, 0.2) is 5.65 Å². The molecule has 0 spiro atoms. The van der Waals surface area contributed by atoms with Crippen molar-refractivity contribution in [3.63, 3.8) is 0 Å². The lowest BCUT2D eigenvalue weighted by Gasteiger charge is -2.28. The average Bonchev–Trinajstić information content (AvgIpc) is 3.64. The highest BCUT2D eigenvalue weighted by atomic mass is 16.2. The van der Waals surface area contributed by atoms with Gasteiger partial charge in [-0.2, -0.15) is 10.2 Å². The second-order valence-corrected chi connectivity index (χ2v) is 7.80. The predicted octanol–water partition coefficient (Wildman–Crippen LogP) is 2.00. The lowest BCUT2D eigenvalue weighted by atomic mass is 10.0. The number of rotatable bonds is 4. The van der Waals surface area contributed by atoms with Gasteiger partial charge >= 0.3 is 0 Å². The van der Waals surface area contributed by atoms with Gasteiger partial charge in [0.1, 0.15) is 5.41 Å². The summed E-state index contributed by atoms with van der Waals surface area (Å²) in [6, 6.07) is 7.91. The Bertz CT molecular complexity index is 1050. The Morgan fingerprint density at radius 2 is 2.11 bits per heavy atom. The van der Waals surface area contributed by atoms with Gasteiger partial charge in [-0.15, -0.1) is 5.10 Å². The molecule has 0 saturated heterocycles. The van der Waals surface area contributed by atoms with Crippen LogP contribution >= 0.6 is 0 Å². The van der Waals surface area contributed by atoms with Crippen LogP contribution in [0.5, 0.6) is 0 Å². The maximum absolute atomic E-state index is 12.5. The highest BCUT2D eigenvalue weighted by Gasteiger charge is 2.52. The second kappa shape index (κ2) is 6.16. The standard InChI is InChI=1S/C20H20N6O2/c21-12-20(8-9-20)18(28)25-10-6-13(7-11-25)15-2-1-3-16-22-19(24-26(15)16)23-17(27)14-4-5-14/h1-3,6,14H,4-5,7-11H2,(H,23,24,27). The summed E-state index contributed by atoms with van der Waals surface area (Å²) in [6.07, 6.45) is 5.91. The van der Waals surface area contributed by atoms with Gasteiger partial charge < -0.3 is 4.90 Å². The van der Waals surface area contributed by atoms with Crippen LogP contribution in [-0.4, -0.2) is 44.4 Å². The number of hydrogen-bond donors (Lipinski definition) is 1. The molecule has 3 aliphatic rings. The van der Waals surface area contributed by atoms with Crippen molar-refractivity contribution in [2.75, 3.05) is 18.4 Å². The van der Waals surface area contributed by atoms with Crippen LogP contribution in [0.4, 0.5) is 5.95 Å². The van der Waals surface area contributed by atoms with Crippen molar-refractivity contribution < 1.29 is 9.59 Å². The number of anilines is 1. The van der Waals surface area contributed by atoms with E-state index in [-0.39, 0.29) is 17.7 Å². The Hall–Kier alpha value is -3.21. The van der Waals surface area contributed by atoms with Crippen LogP contribution in [0, 0.1) is 22.7 Å². The lowest BCUT2D eigenvalue weighted by Crippen LogP contribution is -2.39. The van der Waals surface area contributed by atoms with E-state index >= 15 is 0 Å². The quantitative estimate of drug-likeness (QED) is 0.879. The van der Waals surface area contributed by atoms with E-state index in [2.05, 4.69) is 21.5 Å². The zero-order valence-corrected chi connectivity index (χ0v) is 15.4. The van der Waals surface area contributed by atoms with E-state index in [1.165, 1.54) is 0 Å². The van der Waals surface area contributed by atoms with E-state index in [1.54, 1.807) is 9.42 Å². The molecule has 28 heavy (non-hydrogen) atoms. The maximum atomic E-state index is 12.5. The smallest absolute Gasteiger partial charge is 0.249 e. The number of nitriles is 1. The molecule has 2 aliphatic carbocycles. The molecule has 0 radical (unpaired) electrons. The molecule has 2 fully saturated rings. The van der Waals surface area contributed by atoms with Crippen LogP contribution in [0.1, 0.15) is 37.8 Å². The van der Waals surface area contributed by atoms with E-state index in [9.17, 15) is 14.9 Å². The van der Waals surface area contributed by atoms with Crippen molar-refractivity contribution >= 4 is 29.0 Å². The van der Waals surface area contributed by atoms with E-state index in [0.717, 1.165) is 24.1 Å². The molecule has 0 unspecified atom stereocenters. The zero-order valence-electron chi connectivity index (χ0n) is 15.4. The molecule has 5 rings (SSSR count). The first-order chi connectivity index (χ1) is 13.6. The fourth-order valence-corrected chi connectivity index (χ4v) is 3.65. The maximum Gasteiger partial charge on any atom is 0.249 e.